The summed E-state index contributed by atoms with van der Waals surface area (Å²) < 4.78 is 4.87. The van der Waals surface area contributed by atoms with Crippen molar-refractivity contribution in [1.29, 1.82) is 0 Å². The van der Waals surface area contributed by atoms with Crippen LogP contribution in [0.2, 0.25) is 10.0 Å². The van der Waals surface area contributed by atoms with Gasteiger partial charge in [0, 0.05) is 18.2 Å². The van der Waals surface area contributed by atoms with Crippen molar-refractivity contribution in [2.24, 2.45) is 0 Å². The lowest BCUT2D eigenvalue weighted by molar-refractivity contribution is -0.147. The maximum absolute atomic E-state index is 12.1. The van der Waals surface area contributed by atoms with E-state index in [9.17, 15) is 14.4 Å². The molecule has 8 heteroatoms. The molecule has 1 heterocycles. The number of esters is 1. The van der Waals surface area contributed by atoms with Crippen LogP contribution in [-0.2, 0) is 14.3 Å². The number of halogens is 2. The highest BCUT2D eigenvalue weighted by molar-refractivity contribution is 6.36. The molecule has 0 bridgehead atoms. The number of nitrogens with zero attached hydrogens (tertiary/aromatic N) is 1. The summed E-state index contributed by atoms with van der Waals surface area (Å²) >= 11 is 11.6. The zero-order valence-electron chi connectivity index (χ0n) is 14.8. The summed E-state index contributed by atoms with van der Waals surface area (Å²) in [5, 5.41) is 2.91. The molecule has 2 aromatic rings. The molecule has 0 unspecified atom stereocenters. The molecule has 0 aliphatic rings. The smallest absolute Gasteiger partial charge is 0.306 e. The highest BCUT2D eigenvalue weighted by Crippen LogP contribution is 2.22. The minimum atomic E-state index is -0.641. The van der Waals surface area contributed by atoms with Crippen LogP contribution in [0.5, 0.6) is 0 Å². The lowest BCUT2D eigenvalue weighted by Gasteiger charge is -2.08. The quantitative estimate of drug-likeness (QED) is 0.549. The molecule has 1 N–H and O–H groups in total. The molecule has 0 aliphatic carbocycles. The molecular weight excluding hydrogens is 391 g/mol. The fraction of sp³-hybridized carbons (Fsp3) is 0.263. The Morgan fingerprint density at radius 1 is 1.07 bits per heavy atom. The monoisotopic (exact) mass is 408 g/mol. The van der Waals surface area contributed by atoms with Crippen LogP contribution in [-0.4, -0.2) is 29.3 Å². The second-order valence-corrected chi connectivity index (χ2v) is 6.76. The molecule has 0 saturated heterocycles. The van der Waals surface area contributed by atoms with E-state index in [0.29, 0.717) is 10.6 Å². The Morgan fingerprint density at radius 3 is 2.48 bits per heavy atom. The first-order chi connectivity index (χ1) is 12.8. The maximum Gasteiger partial charge on any atom is 0.306 e. The standard InChI is InChI=1S/C19H18Cl2N2O4/c1-11-3-4-13(7-12(11)2)16(24)5-6-18(26)27-10-17(25)23-19-15(21)8-14(20)9-22-19/h3-4,7-9H,5-6,10H2,1-2H3,(H,22,23,25). The number of pyridine rings is 1. The highest BCUT2D eigenvalue weighted by Gasteiger charge is 2.13. The van der Waals surface area contributed by atoms with Gasteiger partial charge in [-0.1, -0.05) is 35.3 Å². The number of nitrogens with one attached hydrogen (secondary N) is 1. The first kappa shape index (κ1) is 20.9. The van der Waals surface area contributed by atoms with E-state index >= 15 is 0 Å². The maximum atomic E-state index is 12.1. The van der Waals surface area contributed by atoms with Crippen LogP contribution >= 0.6 is 23.2 Å². The highest BCUT2D eigenvalue weighted by atomic mass is 35.5. The van der Waals surface area contributed by atoms with Gasteiger partial charge in [0.15, 0.2) is 18.2 Å². The number of aromatic nitrogens is 1. The molecule has 0 aliphatic heterocycles. The fourth-order valence-corrected chi connectivity index (χ4v) is 2.60. The molecule has 0 atom stereocenters. The summed E-state index contributed by atoms with van der Waals surface area (Å²) in [4.78, 5) is 39.6. The van der Waals surface area contributed by atoms with Gasteiger partial charge in [-0.15, -0.1) is 0 Å². The predicted octanol–water partition coefficient (Wildman–Crippen LogP) is 4.15. The third-order valence-corrected chi connectivity index (χ3v) is 4.31. The Hall–Kier alpha value is -2.44. The molecular formula is C19H18Cl2N2O4. The van der Waals surface area contributed by atoms with Gasteiger partial charge in [0.2, 0.25) is 0 Å². The number of ether oxygens (including phenoxy) is 1. The number of carbonyl (C=O) groups excluding carboxylic acids is 3. The Morgan fingerprint density at radius 2 is 1.81 bits per heavy atom. The van der Waals surface area contributed by atoms with E-state index in [-0.39, 0.29) is 29.5 Å². The zero-order valence-corrected chi connectivity index (χ0v) is 16.4. The van der Waals surface area contributed by atoms with Crippen molar-refractivity contribution in [2.45, 2.75) is 26.7 Å². The molecule has 0 radical (unpaired) electrons. The van der Waals surface area contributed by atoms with Crippen molar-refractivity contribution in [3.05, 3.63) is 57.2 Å². The van der Waals surface area contributed by atoms with Gasteiger partial charge in [0.25, 0.3) is 5.91 Å². The van der Waals surface area contributed by atoms with Crippen molar-refractivity contribution in [2.75, 3.05) is 11.9 Å². The molecule has 2 rings (SSSR count). The molecule has 0 fully saturated rings. The number of aryl methyl sites for hydroxylation is 2. The van der Waals surface area contributed by atoms with E-state index in [1.807, 2.05) is 19.9 Å². The number of anilines is 1. The predicted molar refractivity (Wildman–Crippen MR) is 103 cm³/mol. The van der Waals surface area contributed by atoms with Crippen molar-refractivity contribution < 1.29 is 19.1 Å². The van der Waals surface area contributed by atoms with Crippen LogP contribution in [0, 0.1) is 13.8 Å². The van der Waals surface area contributed by atoms with Crippen LogP contribution in [0.4, 0.5) is 5.82 Å². The van der Waals surface area contributed by atoms with Crippen LogP contribution in [0.25, 0.3) is 0 Å². The third kappa shape index (κ3) is 6.34. The van der Waals surface area contributed by atoms with Gasteiger partial charge in [-0.3, -0.25) is 14.4 Å². The van der Waals surface area contributed by atoms with Gasteiger partial charge in [-0.05, 0) is 37.1 Å². The van der Waals surface area contributed by atoms with E-state index in [2.05, 4.69) is 10.3 Å². The molecule has 142 valence electrons. The normalized spacial score (nSPS) is 10.4. The number of ketones is 1. The molecule has 6 nitrogen and oxygen atoms in total. The lowest BCUT2D eigenvalue weighted by atomic mass is 10.0. The minimum Gasteiger partial charge on any atom is -0.456 e. The number of rotatable bonds is 7. The van der Waals surface area contributed by atoms with Gasteiger partial charge >= 0.3 is 5.97 Å². The molecule has 0 spiro atoms. The summed E-state index contributed by atoms with van der Waals surface area (Å²) in [6.45, 7) is 3.37. The Bertz CT molecular complexity index is 884. The van der Waals surface area contributed by atoms with Gasteiger partial charge < -0.3 is 10.1 Å². The van der Waals surface area contributed by atoms with Gasteiger partial charge in [-0.25, -0.2) is 4.98 Å². The van der Waals surface area contributed by atoms with Gasteiger partial charge in [-0.2, -0.15) is 0 Å². The molecule has 1 amide bonds. The van der Waals surface area contributed by atoms with Crippen molar-refractivity contribution in [3.63, 3.8) is 0 Å². The lowest BCUT2D eigenvalue weighted by Crippen LogP contribution is -2.21. The Labute approximate surface area is 166 Å². The number of hydrogen-bond donors (Lipinski definition) is 1. The van der Waals surface area contributed by atoms with Crippen LogP contribution in [0.3, 0.4) is 0 Å². The van der Waals surface area contributed by atoms with Gasteiger partial charge in [0.05, 0.1) is 16.5 Å². The first-order valence-electron chi connectivity index (χ1n) is 8.13. The summed E-state index contributed by atoms with van der Waals surface area (Å²) in [5.41, 5.74) is 2.65. The van der Waals surface area contributed by atoms with Crippen molar-refractivity contribution in [1.82, 2.24) is 4.98 Å². The molecule has 27 heavy (non-hydrogen) atoms. The second-order valence-electron chi connectivity index (χ2n) is 5.92. The van der Waals surface area contributed by atoms with Crippen molar-refractivity contribution in [3.8, 4) is 0 Å². The average Bonchev–Trinajstić information content (AvgIpc) is 2.62. The molecule has 1 aromatic heterocycles. The zero-order chi connectivity index (χ0) is 20.0. The molecule has 1 aromatic carbocycles. The van der Waals surface area contributed by atoms with E-state index in [1.165, 1.54) is 12.3 Å². The molecule has 0 saturated carbocycles. The van der Waals surface area contributed by atoms with E-state index in [1.54, 1.807) is 12.1 Å². The Balaban J connectivity index is 1.77. The van der Waals surface area contributed by atoms with E-state index in [4.69, 9.17) is 27.9 Å². The summed E-state index contributed by atoms with van der Waals surface area (Å²) in [5.74, 6) is -1.28. The fourth-order valence-electron chi connectivity index (χ4n) is 2.17. The number of hydrogen-bond acceptors (Lipinski definition) is 5. The first-order valence-corrected chi connectivity index (χ1v) is 8.89. The Kier molecular flexibility index (Phi) is 7.33. The summed E-state index contributed by atoms with van der Waals surface area (Å²) in [6, 6.07) is 6.81. The third-order valence-electron chi connectivity index (χ3n) is 3.81. The summed E-state index contributed by atoms with van der Waals surface area (Å²) in [6.07, 6.45) is 1.22. The average molecular weight is 409 g/mol. The van der Waals surface area contributed by atoms with E-state index in [0.717, 1.165) is 11.1 Å². The van der Waals surface area contributed by atoms with Gasteiger partial charge in [0.1, 0.15) is 0 Å². The number of carbonyl (C=O) groups is 3. The number of Topliss-reactive ketones (excluding diaryl/α,β-unsaturated/α-hetero) is 1. The number of benzene rings is 1. The van der Waals surface area contributed by atoms with E-state index < -0.39 is 18.5 Å². The van der Waals surface area contributed by atoms with Crippen LogP contribution in [0.15, 0.2) is 30.5 Å². The van der Waals surface area contributed by atoms with Crippen molar-refractivity contribution >= 4 is 46.7 Å². The summed E-state index contributed by atoms with van der Waals surface area (Å²) in [7, 11) is 0. The number of amides is 1. The van der Waals surface area contributed by atoms with Crippen LogP contribution in [0.1, 0.15) is 34.3 Å². The van der Waals surface area contributed by atoms with Crippen LogP contribution < -0.4 is 5.32 Å². The topological polar surface area (TPSA) is 85.4 Å². The minimum absolute atomic E-state index is 0.00746. The SMILES string of the molecule is Cc1ccc(C(=O)CCC(=O)OCC(=O)Nc2ncc(Cl)cc2Cl)cc1C. The largest absolute Gasteiger partial charge is 0.456 e. The second kappa shape index (κ2) is 9.48.